The van der Waals surface area contributed by atoms with Crippen molar-refractivity contribution in [3.63, 3.8) is 0 Å². The molecule has 0 unspecified atom stereocenters. The molecule has 0 spiro atoms. The second kappa shape index (κ2) is 7.99. The fraction of sp³-hybridized carbons (Fsp3) is 0.579. The number of rotatable bonds is 3. The average molecular weight is 440 g/mol. The first-order valence-electron chi connectivity index (χ1n) is 9.09. The minimum Gasteiger partial charge on any atom is -0.465 e. The summed E-state index contributed by atoms with van der Waals surface area (Å²) in [6, 6.07) is -1.83. The van der Waals surface area contributed by atoms with Crippen LogP contribution < -0.4 is 0 Å². The van der Waals surface area contributed by atoms with Gasteiger partial charge in [0, 0.05) is 23.1 Å². The van der Waals surface area contributed by atoms with Crippen molar-refractivity contribution in [1.29, 1.82) is 0 Å². The van der Waals surface area contributed by atoms with Gasteiger partial charge in [-0.05, 0) is 46.2 Å². The lowest BCUT2D eigenvalue weighted by Crippen LogP contribution is -2.64. The molecule has 30 heavy (non-hydrogen) atoms. The molecule has 1 aromatic carbocycles. The van der Waals surface area contributed by atoms with E-state index in [0.717, 1.165) is 6.92 Å². The van der Waals surface area contributed by atoms with Gasteiger partial charge in [0.2, 0.25) is 5.91 Å². The smallest absolute Gasteiger partial charge is 0.408 e. The Labute approximate surface area is 169 Å². The largest absolute Gasteiger partial charge is 0.465 e. The highest BCUT2D eigenvalue weighted by atomic mass is 19.4. The number of alkyl halides is 3. The number of carboxylic acid groups (broad SMARTS) is 1. The lowest BCUT2D eigenvalue weighted by atomic mass is 9.80. The lowest BCUT2D eigenvalue weighted by Gasteiger charge is -2.48. The maximum absolute atomic E-state index is 14.4. The van der Waals surface area contributed by atoms with Crippen LogP contribution in [-0.2, 0) is 4.79 Å². The van der Waals surface area contributed by atoms with E-state index in [4.69, 9.17) is 0 Å². The van der Waals surface area contributed by atoms with Crippen LogP contribution in [0.25, 0.3) is 0 Å². The van der Waals surface area contributed by atoms with Crippen LogP contribution in [0.3, 0.4) is 0 Å². The van der Waals surface area contributed by atoms with Crippen molar-refractivity contribution in [3.05, 3.63) is 35.1 Å². The zero-order chi connectivity index (χ0) is 23.2. The van der Waals surface area contributed by atoms with Gasteiger partial charge in [-0.15, -0.1) is 0 Å². The molecule has 168 valence electrons. The molecule has 1 aliphatic rings. The summed E-state index contributed by atoms with van der Waals surface area (Å²) in [5, 5.41) is 9.60. The number of likely N-dealkylation sites (tertiary alicyclic amines) is 1. The van der Waals surface area contributed by atoms with Crippen LogP contribution in [-0.4, -0.2) is 57.3 Å². The maximum atomic E-state index is 14.4. The Morgan fingerprint density at radius 1 is 1.17 bits per heavy atom. The van der Waals surface area contributed by atoms with Crippen LogP contribution in [0.2, 0.25) is 0 Å². The molecule has 1 heterocycles. The van der Waals surface area contributed by atoms with Gasteiger partial charge in [-0.3, -0.25) is 9.69 Å². The summed E-state index contributed by atoms with van der Waals surface area (Å²) in [6.45, 7) is 3.71. The van der Waals surface area contributed by atoms with E-state index in [1.807, 2.05) is 0 Å². The molecule has 1 N–H and O–H groups in total. The number of benzene rings is 1. The fourth-order valence-electron chi connectivity index (χ4n) is 3.91. The second-order valence-electron chi connectivity index (χ2n) is 8.26. The van der Waals surface area contributed by atoms with Crippen LogP contribution >= 0.6 is 0 Å². The highest BCUT2D eigenvalue weighted by Crippen LogP contribution is 2.40. The SMILES string of the molecule is C[C@H]1[C@@H](c2c(F)ccc(F)c2F)C[C@@H](N(C(=O)O)C(C)(C)C)C(=O)N1CC(F)(F)F. The number of carbonyl (C=O) groups excluding carboxylic acids is 1. The number of carbonyl (C=O) groups is 2. The van der Waals surface area contributed by atoms with E-state index in [2.05, 4.69) is 0 Å². The van der Waals surface area contributed by atoms with Gasteiger partial charge in [-0.25, -0.2) is 18.0 Å². The third kappa shape index (κ3) is 4.65. The molecule has 3 atom stereocenters. The van der Waals surface area contributed by atoms with E-state index >= 15 is 0 Å². The molecular formula is C19H22F6N2O3. The van der Waals surface area contributed by atoms with Gasteiger partial charge in [0.25, 0.3) is 0 Å². The summed E-state index contributed by atoms with van der Waals surface area (Å²) >= 11 is 0. The van der Waals surface area contributed by atoms with E-state index in [9.17, 15) is 41.0 Å². The molecule has 0 saturated carbocycles. The Morgan fingerprint density at radius 2 is 1.70 bits per heavy atom. The van der Waals surface area contributed by atoms with Gasteiger partial charge in [-0.1, -0.05) is 0 Å². The Kier molecular flexibility index (Phi) is 6.34. The van der Waals surface area contributed by atoms with E-state index in [0.29, 0.717) is 21.9 Å². The summed E-state index contributed by atoms with van der Waals surface area (Å²) < 4.78 is 82.0. The topological polar surface area (TPSA) is 60.9 Å². The molecular weight excluding hydrogens is 418 g/mol. The molecule has 1 aliphatic heterocycles. The van der Waals surface area contributed by atoms with Gasteiger partial charge in [0.1, 0.15) is 18.4 Å². The van der Waals surface area contributed by atoms with Crippen LogP contribution in [0.5, 0.6) is 0 Å². The standard InChI is InChI=1S/C19H22F6N2O3/c1-9-10(14-11(20)5-6-12(21)15(14)22)7-13(27(17(29)30)18(2,3)4)16(28)26(9)8-19(23,24)25/h5-6,9-10,13H,7-8H2,1-4H3,(H,29,30)/t9-,10-,13+/m0/s1. The average Bonchev–Trinajstić information content (AvgIpc) is 2.56. The second-order valence-corrected chi connectivity index (χ2v) is 8.26. The Morgan fingerprint density at radius 3 is 2.17 bits per heavy atom. The summed E-state index contributed by atoms with van der Waals surface area (Å²) in [6.07, 6.45) is -6.93. The molecule has 5 nitrogen and oxygen atoms in total. The van der Waals surface area contributed by atoms with E-state index in [1.165, 1.54) is 20.8 Å². The number of hydrogen-bond donors (Lipinski definition) is 1. The van der Waals surface area contributed by atoms with E-state index in [1.54, 1.807) is 0 Å². The third-order valence-corrected chi connectivity index (χ3v) is 5.16. The van der Waals surface area contributed by atoms with Crippen LogP contribution in [0, 0.1) is 17.5 Å². The first kappa shape index (κ1) is 23.8. The number of hydrogen-bond acceptors (Lipinski definition) is 2. The van der Waals surface area contributed by atoms with Gasteiger partial charge in [0.15, 0.2) is 11.6 Å². The highest BCUT2D eigenvalue weighted by Gasteiger charge is 2.50. The van der Waals surface area contributed by atoms with Crippen LogP contribution in [0.15, 0.2) is 12.1 Å². The quantitative estimate of drug-likeness (QED) is 0.556. The monoisotopic (exact) mass is 440 g/mol. The molecule has 0 radical (unpaired) electrons. The van der Waals surface area contributed by atoms with Crippen molar-refractivity contribution in [2.45, 2.75) is 63.8 Å². The van der Waals surface area contributed by atoms with Gasteiger partial charge in [0.05, 0.1) is 0 Å². The fourth-order valence-corrected chi connectivity index (χ4v) is 3.91. The van der Waals surface area contributed by atoms with Crippen molar-refractivity contribution in [2.24, 2.45) is 0 Å². The molecule has 2 amide bonds. The Bertz CT molecular complexity index is 837. The maximum Gasteiger partial charge on any atom is 0.408 e. The summed E-state index contributed by atoms with van der Waals surface area (Å²) in [5.41, 5.74) is -2.02. The van der Waals surface area contributed by atoms with Crippen molar-refractivity contribution in [2.75, 3.05) is 6.54 Å². The number of halogens is 6. The van der Waals surface area contributed by atoms with Crippen LogP contribution in [0.1, 0.15) is 45.6 Å². The molecule has 1 saturated heterocycles. The van der Waals surface area contributed by atoms with Gasteiger partial charge < -0.3 is 10.0 Å². The predicted octanol–water partition coefficient (Wildman–Crippen LogP) is 4.52. The summed E-state index contributed by atoms with van der Waals surface area (Å²) in [7, 11) is 0. The molecule has 2 rings (SSSR count). The molecule has 0 bridgehead atoms. The normalized spacial score (nSPS) is 22.9. The molecule has 11 heteroatoms. The van der Waals surface area contributed by atoms with Crippen molar-refractivity contribution in [1.82, 2.24) is 9.80 Å². The summed E-state index contributed by atoms with van der Waals surface area (Å²) in [4.78, 5) is 25.7. The Balaban J connectivity index is 2.65. The predicted molar refractivity (Wildman–Crippen MR) is 94.3 cm³/mol. The number of nitrogens with zero attached hydrogens (tertiary/aromatic N) is 2. The molecule has 0 aromatic heterocycles. The van der Waals surface area contributed by atoms with Gasteiger partial charge in [-0.2, -0.15) is 13.2 Å². The zero-order valence-electron chi connectivity index (χ0n) is 16.7. The third-order valence-electron chi connectivity index (χ3n) is 5.16. The van der Waals surface area contributed by atoms with Crippen LogP contribution in [0.4, 0.5) is 31.1 Å². The molecule has 1 fully saturated rings. The first-order valence-corrected chi connectivity index (χ1v) is 9.09. The van der Waals surface area contributed by atoms with Crippen molar-refractivity contribution < 1.29 is 41.0 Å². The zero-order valence-corrected chi connectivity index (χ0v) is 16.7. The number of amides is 2. The van der Waals surface area contributed by atoms with Crippen molar-refractivity contribution >= 4 is 12.0 Å². The van der Waals surface area contributed by atoms with E-state index < -0.39 is 77.7 Å². The summed E-state index contributed by atoms with van der Waals surface area (Å²) in [5.74, 6) is -6.71. The van der Waals surface area contributed by atoms with Gasteiger partial charge >= 0.3 is 12.3 Å². The Hall–Kier alpha value is -2.46. The van der Waals surface area contributed by atoms with Crippen molar-refractivity contribution in [3.8, 4) is 0 Å². The minimum atomic E-state index is -4.84. The lowest BCUT2D eigenvalue weighted by molar-refractivity contribution is -0.174. The first-order chi connectivity index (χ1) is 13.6. The molecule has 1 aromatic rings. The minimum absolute atomic E-state index is 0.351. The number of piperidine rings is 1. The molecule has 0 aliphatic carbocycles. The highest BCUT2D eigenvalue weighted by molar-refractivity contribution is 5.87. The van der Waals surface area contributed by atoms with E-state index in [-0.39, 0.29) is 0 Å².